The average molecular weight is 398 g/mol. The molecule has 0 bridgehead atoms. The van der Waals surface area contributed by atoms with Gasteiger partial charge in [0.2, 0.25) is 11.8 Å². The van der Waals surface area contributed by atoms with Crippen LogP contribution in [-0.4, -0.2) is 39.7 Å². The highest BCUT2D eigenvalue weighted by molar-refractivity contribution is 6.00. The van der Waals surface area contributed by atoms with Crippen molar-refractivity contribution in [3.8, 4) is 17.2 Å². The molecular formula is C22H26N2O5. The van der Waals surface area contributed by atoms with Crippen LogP contribution in [0.4, 0.5) is 5.69 Å². The molecule has 0 saturated carbocycles. The molecule has 0 radical (unpaired) electrons. The van der Waals surface area contributed by atoms with Crippen LogP contribution < -0.4 is 24.4 Å². The fourth-order valence-electron chi connectivity index (χ4n) is 3.43. The largest absolute Gasteiger partial charge is 0.497 e. The highest BCUT2D eigenvalue weighted by Crippen LogP contribution is 2.31. The van der Waals surface area contributed by atoms with Crippen LogP contribution in [0, 0.1) is 5.92 Å². The number of hydrogen-bond donors (Lipinski definition) is 1. The summed E-state index contributed by atoms with van der Waals surface area (Å²) in [6.45, 7) is 2.26. The van der Waals surface area contributed by atoms with E-state index in [0.29, 0.717) is 18.0 Å². The summed E-state index contributed by atoms with van der Waals surface area (Å²) < 4.78 is 15.7. The molecule has 1 N–H and O–H groups in total. The van der Waals surface area contributed by atoms with Crippen molar-refractivity contribution in [2.75, 3.05) is 32.8 Å². The number of anilines is 1. The summed E-state index contributed by atoms with van der Waals surface area (Å²) in [4.78, 5) is 26.8. The molecule has 2 aromatic rings. The number of carbonyl (C=O) groups is 2. The molecule has 7 nitrogen and oxygen atoms in total. The van der Waals surface area contributed by atoms with Gasteiger partial charge in [0.1, 0.15) is 5.75 Å². The van der Waals surface area contributed by atoms with E-state index in [1.54, 1.807) is 44.4 Å². The van der Waals surface area contributed by atoms with E-state index in [9.17, 15) is 9.59 Å². The Kier molecular flexibility index (Phi) is 6.26. The van der Waals surface area contributed by atoms with E-state index >= 15 is 0 Å². The Morgan fingerprint density at radius 1 is 1.03 bits per heavy atom. The molecule has 2 amide bonds. The molecule has 2 aromatic carbocycles. The standard InChI is InChI=1S/C22H26N2O5/c1-14(15-5-10-19(28-3)20(11-15)29-4)23-22(26)16-12-21(25)24(13-16)17-6-8-18(27-2)9-7-17/h5-11,14,16H,12-13H2,1-4H3,(H,23,26)/t14-,16+/m0/s1. The predicted molar refractivity (Wildman–Crippen MR) is 110 cm³/mol. The number of hydrogen-bond acceptors (Lipinski definition) is 5. The van der Waals surface area contributed by atoms with Crippen LogP contribution in [0.1, 0.15) is 24.9 Å². The number of carbonyl (C=O) groups excluding carboxylic acids is 2. The zero-order valence-electron chi connectivity index (χ0n) is 17.1. The van der Waals surface area contributed by atoms with Crippen molar-refractivity contribution in [2.45, 2.75) is 19.4 Å². The van der Waals surface area contributed by atoms with Gasteiger partial charge in [-0.15, -0.1) is 0 Å². The molecule has 29 heavy (non-hydrogen) atoms. The summed E-state index contributed by atoms with van der Waals surface area (Å²) >= 11 is 0. The lowest BCUT2D eigenvalue weighted by Crippen LogP contribution is -2.34. The monoisotopic (exact) mass is 398 g/mol. The highest BCUT2D eigenvalue weighted by Gasteiger charge is 2.35. The summed E-state index contributed by atoms with van der Waals surface area (Å²) in [5, 5.41) is 3.00. The number of nitrogens with zero attached hydrogens (tertiary/aromatic N) is 1. The number of methoxy groups -OCH3 is 3. The van der Waals surface area contributed by atoms with Gasteiger partial charge in [0.05, 0.1) is 33.3 Å². The maximum Gasteiger partial charge on any atom is 0.227 e. The zero-order valence-corrected chi connectivity index (χ0v) is 17.1. The van der Waals surface area contributed by atoms with Crippen LogP contribution in [-0.2, 0) is 9.59 Å². The maximum atomic E-state index is 12.8. The molecule has 0 aromatic heterocycles. The van der Waals surface area contributed by atoms with Gasteiger partial charge in [-0.05, 0) is 48.9 Å². The molecule has 1 fully saturated rings. The average Bonchev–Trinajstić information content (AvgIpc) is 3.14. The van der Waals surface area contributed by atoms with E-state index in [2.05, 4.69) is 5.32 Å². The van der Waals surface area contributed by atoms with E-state index in [-0.39, 0.29) is 24.3 Å². The molecule has 154 valence electrons. The van der Waals surface area contributed by atoms with Crippen LogP contribution in [0.2, 0.25) is 0 Å². The third-order valence-electron chi connectivity index (χ3n) is 5.15. The summed E-state index contributed by atoms with van der Waals surface area (Å²) in [6.07, 6.45) is 0.191. The van der Waals surface area contributed by atoms with Crippen molar-refractivity contribution in [3.05, 3.63) is 48.0 Å². The van der Waals surface area contributed by atoms with Crippen LogP contribution in [0.3, 0.4) is 0 Å². The predicted octanol–water partition coefficient (Wildman–Crippen LogP) is 2.94. The van der Waals surface area contributed by atoms with E-state index in [1.165, 1.54) is 0 Å². The highest BCUT2D eigenvalue weighted by atomic mass is 16.5. The van der Waals surface area contributed by atoms with Crippen molar-refractivity contribution in [1.29, 1.82) is 0 Å². The molecule has 1 saturated heterocycles. The summed E-state index contributed by atoms with van der Waals surface area (Å²) in [7, 11) is 4.74. The smallest absolute Gasteiger partial charge is 0.227 e. The zero-order chi connectivity index (χ0) is 21.0. The van der Waals surface area contributed by atoms with E-state index in [4.69, 9.17) is 14.2 Å². The van der Waals surface area contributed by atoms with E-state index in [1.807, 2.05) is 31.2 Å². The number of benzene rings is 2. The van der Waals surface area contributed by atoms with Crippen LogP contribution in [0.15, 0.2) is 42.5 Å². The Bertz CT molecular complexity index is 881. The van der Waals surface area contributed by atoms with Crippen molar-refractivity contribution in [1.82, 2.24) is 5.32 Å². The van der Waals surface area contributed by atoms with Gasteiger partial charge in [-0.3, -0.25) is 9.59 Å². The van der Waals surface area contributed by atoms with Crippen LogP contribution in [0.5, 0.6) is 17.2 Å². The van der Waals surface area contributed by atoms with E-state index < -0.39 is 5.92 Å². The van der Waals surface area contributed by atoms with Crippen molar-refractivity contribution in [2.24, 2.45) is 5.92 Å². The summed E-state index contributed by atoms with van der Waals surface area (Å²) in [6, 6.07) is 12.5. The van der Waals surface area contributed by atoms with Crippen LogP contribution in [0.25, 0.3) is 0 Å². The van der Waals surface area contributed by atoms with Gasteiger partial charge in [0.25, 0.3) is 0 Å². The van der Waals surface area contributed by atoms with Gasteiger partial charge >= 0.3 is 0 Å². The second-order valence-electron chi connectivity index (χ2n) is 6.95. The Hall–Kier alpha value is -3.22. The minimum Gasteiger partial charge on any atom is -0.497 e. The molecule has 1 aliphatic rings. The topological polar surface area (TPSA) is 77.1 Å². The van der Waals surface area contributed by atoms with Gasteiger partial charge < -0.3 is 24.4 Å². The third kappa shape index (κ3) is 4.45. The quantitative estimate of drug-likeness (QED) is 0.776. The molecule has 0 spiro atoms. The lowest BCUT2D eigenvalue weighted by Gasteiger charge is -2.20. The maximum absolute atomic E-state index is 12.8. The minimum atomic E-state index is -0.396. The lowest BCUT2D eigenvalue weighted by atomic mass is 10.0. The second-order valence-corrected chi connectivity index (χ2v) is 6.95. The molecule has 0 unspecified atom stereocenters. The Labute approximate surface area is 170 Å². The number of rotatable bonds is 7. The summed E-state index contributed by atoms with van der Waals surface area (Å²) in [5.74, 6) is 1.36. The van der Waals surface area contributed by atoms with Gasteiger partial charge in [-0.2, -0.15) is 0 Å². The first kappa shape index (κ1) is 20.5. The van der Waals surface area contributed by atoms with E-state index in [0.717, 1.165) is 17.0 Å². The van der Waals surface area contributed by atoms with Crippen molar-refractivity contribution in [3.63, 3.8) is 0 Å². The summed E-state index contributed by atoms with van der Waals surface area (Å²) in [5.41, 5.74) is 1.66. The van der Waals surface area contributed by atoms with Gasteiger partial charge in [-0.1, -0.05) is 6.07 Å². The second kappa shape index (κ2) is 8.86. The Morgan fingerprint density at radius 2 is 1.72 bits per heavy atom. The normalized spacial score (nSPS) is 17.0. The van der Waals surface area contributed by atoms with Crippen molar-refractivity contribution >= 4 is 17.5 Å². The first-order chi connectivity index (χ1) is 14.0. The fraction of sp³-hybridized carbons (Fsp3) is 0.364. The minimum absolute atomic E-state index is 0.0610. The molecule has 2 atom stereocenters. The molecule has 0 aliphatic carbocycles. The van der Waals surface area contributed by atoms with Crippen molar-refractivity contribution < 1.29 is 23.8 Å². The van der Waals surface area contributed by atoms with Gasteiger partial charge in [-0.25, -0.2) is 0 Å². The molecule has 1 heterocycles. The van der Waals surface area contributed by atoms with Gasteiger partial charge in [0.15, 0.2) is 11.5 Å². The van der Waals surface area contributed by atoms with Gasteiger partial charge in [0, 0.05) is 18.7 Å². The Balaban J connectivity index is 1.65. The molecule has 3 rings (SSSR count). The fourth-order valence-corrected chi connectivity index (χ4v) is 3.43. The third-order valence-corrected chi connectivity index (χ3v) is 5.15. The SMILES string of the molecule is COc1ccc(N2C[C@H](C(=O)N[C@@H](C)c3ccc(OC)c(OC)c3)CC2=O)cc1. The molecule has 1 aliphatic heterocycles. The number of ether oxygens (including phenoxy) is 3. The molecule has 7 heteroatoms. The lowest BCUT2D eigenvalue weighted by molar-refractivity contribution is -0.126. The Morgan fingerprint density at radius 3 is 2.34 bits per heavy atom. The first-order valence-corrected chi connectivity index (χ1v) is 9.43. The molecular weight excluding hydrogens is 372 g/mol. The van der Waals surface area contributed by atoms with Crippen LogP contribution >= 0.6 is 0 Å². The first-order valence-electron chi connectivity index (χ1n) is 9.43. The number of nitrogens with one attached hydrogen (secondary N) is 1. The number of amides is 2.